The Morgan fingerprint density at radius 1 is 0.889 bits per heavy atom. The van der Waals surface area contributed by atoms with Crippen LogP contribution in [0.2, 0.25) is 0 Å². The number of rotatable bonds is 4. The van der Waals surface area contributed by atoms with Crippen LogP contribution >= 0.6 is 0 Å². The van der Waals surface area contributed by atoms with Gasteiger partial charge in [0.15, 0.2) is 5.88 Å². The molecule has 0 unspecified atom stereocenters. The first-order chi connectivity index (χ1) is 8.83. The van der Waals surface area contributed by atoms with Gasteiger partial charge in [0.2, 0.25) is 0 Å². The van der Waals surface area contributed by atoms with E-state index in [0.717, 1.165) is 16.7 Å². The fraction of sp³-hybridized carbons (Fsp3) is 0.125. The van der Waals surface area contributed by atoms with Gasteiger partial charge in [0.05, 0.1) is 6.61 Å². The second kappa shape index (κ2) is 5.92. The molecule has 0 amide bonds. The maximum Gasteiger partial charge on any atom is 0.192 e. The third kappa shape index (κ3) is 2.72. The monoisotopic (exact) mass is 239 g/mol. The van der Waals surface area contributed by atoms with Crippen LogP contribution in [0.4, 0.5) is 0 Å². The first-order valence-corrected chi connectivity index (χ1v) is 6.06. The molecular formula is C16H17NO. The molecule has 92 valence electrons. The van der Waals surface area contributed by atoms with Crippen molar-refractivity contribution in [1.82, 2.24) is 0 Å². The van der Waals surface area contributed by atoms with Crippen molar-refractivity contribution in [3.05, 3.63) is 77.7 Å². The molecule has 0 bridgehead atoms. The van der Waals surface area contributed by atoms with Gasteiger partial charge in [-0.05, 0) is 18.1 Å². The fourth-order valence-corrected chi connectivity index (χ4v) is 1.89. The molecule has 2 aromatic rings. The van der Waals surface area contributed by atoms with Crippen LogP contribution in [0.3, 0.4) is 0 Å². The number of hydrogen-bond donors (Lipinski definition) is 1. The fourth-order valence-electron chi connectivity index (χ4n) is 1.89. The molecule has 0 atom stereocenters. The zero-order chi connectivity index (χ0) is 12.8. The largest absolute Gasteiger partial charge is 0.479 e. The summed E-state index contributed by atoms with van der Waals surface area (Å²) in [6.45, 7) is 2.50. The van der Waals surface area contributed by atoms with Gasteiger partial charge in [0.25, 0.3) is 0 Å². The summed E-state index contributed by atoms with van der Waals surface area (Å²) in [5.74, 6) is 0.468. The Hall–Kier alpha value is -2.22. The number of ether oxygens (including phenoxy) is 1. The van der Waals surface area contributed by atoms with Crippen molar-refractivity contribution in [3.63, 3.8) is 0 Å². The maximum atomic E-state index is 6.05. The van der Waals surface area contributed by atoms with Crippen molar-refractivity contribution in [2.75, 3.05) is 6.61 Å². The zero-order valence-corrected chi connectivity index (χ0v) is 10.5. The second-order valence-corrected chi connectivity index (χ2v) is 3.90. The lowest BCUT2D eigenvalue weighted by atomic mass is 9.98. The van der Waals surface area contributed by atoms with Crippen LogP contribution < -0.4 is 5.73 Å². The standard InChI is InChI=1S/C16H17NO/c1-2-18-16(17)15(13-9-5-3-6-10-13)14-11-7-4-8-12-14/h3-12H,2,17H2,1H3. The van der Waals surface area contributed by atoms with Gasteiger partial charge in [0.1, 0.15) is 0 Å². The minimum Gasteiger partial charge on any atom is -0.479 e. The summed E-state index contributed by atoms with van der Waals surface area (Å²) >= 11 is 0. The van der Waals surface area contributed by atoms with Gasteiger partial charge in [-0.2, -0.15) is 0 Å². The van der Waals surface area contributed by atoms with Crippen molar-refractivity contribution in [1.29, 1.82) is 0 Å². The van der Waals surface area contributed by atoms with Crippen molar-refractivity contribution >= 4 is 5.57 Å². The molecule has 0 radical (unpaired) electrons. The summed E-state index contributed by atoms with van der Waals surface area (Å²) in [4.78, 5) is 0. The molecule has 2 nitrogen and oxygen atoms in total. The predicted molar refractivity (Wildman–Crippen MR) is 74.7 cm³/mol. The van der Waals surface area contributed by atoms with Crippen LogP contribution in [0.1, 0.15) is 18.1 Å². The Kier molecular flexibility index (Phi) is 4.02. The molecule has 0 spiro atoms. The summed E-state index contributed by atoms with van der Waals surface area (Å²) in [5.41, 5.74) is 9.12. The van der Waals surface area contributed by atoms with E-state index < -0.39 is 0 Å². The van der Waals surface area contributed by atoms with Crippen LogP contribution in [0.15, 0.2) is 66.5 Å². The molecule has 2 heteroatoms. The predicted octanol–water partition coefficient (Wildman–Crippen LogP) is 3.40. The van der Waals surface area contributed by atoms with Gasteiger partial charge in [-0.15, -0.1) is 0 Å². The number of hydrogen-bond acceptors (Lipinski definition) is 2. The highest BCUT2D eigenvalue weighted by Gasteiger charge is 2.10. The van der Waals surface area contributed by atoms with Crippen LogP contribution in [0.25, 0.3) is 5.57 Å². The third-order valence-corrected chi connectivity index (χ3v) is 2.67. The average molecular weight is 239 g/mol. The van der Waals surface area contributed by atoms with E-state index in [1.54, 1.807) is 0 Å². The molecule has 0 fully saturated rings. The third-order valence-electron chi connectivity index (χ3n) is 2.67. The Morgan fingerprint density at radius 3 is 1.72 bits per heavy atom. The van der Waals surface area contributed by atoms with Crippen molar-refractivity contribution in [2.45, 2.75) is 6.92 Å². The topological polar surface area (TPSA) is 35.2 Å². The molecule has 0 aliphatic carbocycles. The number of nitrogens with two attached hydrogens (primary N) is 1. The highest BCUT2D eigenvalue weighted by atomic mass is 16.5. The van der Waals surface area contributed by atoms with Crippen LogP contribution in [0.5, 0.6) is 0 Å². The Bertz CT molecular complexity index is 476. The summed E-state index contributed by atoms with van der Waals surface area (Å²) in [7, 11) is 0. The van der Waals surface area contributed by atoms with E-state index in [1.165, 1.54) is 0 Å². The first kappa shape index (κ1) is 12.2. The van der Waals surface area contributed by atoms with Crippen molar-refractivity contribution in [3.8, 4) is 0 Å². The summed E-state index contributed by atoms with van der Waals surface area (Å²) in [6.07, 6.45) is 0. The van der Waals surface area contributed by atoms with Crippen LogP contribution in [0, 0.1) is 0 Å². The maximum absolute atomic E-state index is 6.05. The summed E-state index contributed by atoms with van der Waals surface area (Å²) < 4.78 is 5.47. The van der Waals surface area contributed by atoms with Gasteiger partial charge >= 0.3 is 0 Å². The lowest BCUT2D eigenvalue weighted by Gasteiger charge is -2.12. The molecule has 0 aliphatic rings. The molecule has 0 saturated carbocycles. The van der Waals surface area contributed by atoms with Gasteiger partial charge < -0.3 is 10.5 Å². The lowest BCUT2D eigenvalue weighted by molar-refractivity contribution is 0.228. The lowest BCUT2D eigenvalue weighted by Crippen LogP contribution is -2.07. The van der Waals surface area contributed by atoms with Gasteiger partial charge in [0, 0.05) is 5.57 Å². The minimum absolute atomic E-state index is 0.468. The van der Waals surface area contributed by atoms with E-state index in [4.69, 9.17) is 10.5 Å². The molecule has 2 N–H and O–H groups in total. The molecule has 2 rings (SSSR count). The van der Waals surface area contributed by atoms with Crippen LogP contribution in [-0.2, 0) is 4.74 Å². The highest BCUT2D eigenvalue weighted by Crippen LogP contribution is 2.25. The summed E-state index contributed by atoms with van der Waals surface area (Å²) in [6, 6.07) is 20.1. The molecule has 2 aromatic carbocycles. The summed E-state index contributed by atoms with van der Waals surface area (Å²) in [5, 5.41) is 0. The minimum atomic E-state index is 0.468. The van der Waals surface area contributed by atoms with E-state index in [9.17, 15) is 0 Å². The molecule has 0 aliphatic heterocycles. The van der Waals surface area contributed by atoms with Crippen LogP contribution in [-0.4, -0.2) is 6.61 Å². The van der Waals surface area contributed by atoms with Crippen molar-refractivity contribution in [2.24, 2.45) is 5.73 Å². The van der Waals surface area contributed by atoms with Gasteiger partial charge in [-0.3, -0.25) is 0 Å². The Labute approximate surface area is 108 Å². The normalized spacial score (nSPS) is 9.83. The molecule has 0 saturated heterocycles. The Balaban J connectivity index is 2.52. The molecule has 18 heavy (non-hydrogen) atoms. The van der Waals surface area contributed by atoms with Gasteiger partial charge in [-0.25, -0.2) is 0 Å². The quantitative estimate of drug-likeness (QED) is 0.830. The van der Waals surface area contributed by atoms with E-state index in [1.807, 2.05) is 67.6 Å². The highest BCUT2D eigenvalue weighted by molar-refractivity contribution is 5.80. The van der Waals surface area contributed by atoms with Gasteiger partial charge in [-0.1, -0.05) is 60.7 Å². The van der Waals surface area contributed by atoms with Crippen molar-refractivity contribution < 1.29 is 4.74 Å². The molecular weight excluding hydrogens is 222 g/mol. The zero-order valence-electron chi connectivity index (χ0n) is 10.5. The molecule has 0 aromatic heterocycles. The van der Waals surface area contributed by atoms with E-state index in [0.29, 0.717) is 12.5 Å². The second-order valence-electron chi connectivity index (χ2n) is 3.90. The average Bonchev–Trinajstić information content (AvgIpc) is 2.42. The van der Waals surface area contributed by atoms with E-state index >= 15 is 0 Å². The SMILES string of the molecule is CCOC(N)=C(c1ccccc1)c1ccccc1. The van der Waals surface area contributed by atoms with E-state index in [2.05, 4.69) is 0 Å². The van der Waals surface area contributed by atoms with E-state index in [-0.39, 0.29) is 0 Å². The number of benzene rings is 2. The Morgan fingerprint density at radius 2 is 1.33 bits per heavy atom. The first-order valence-electron chi connectivity index (χ1n) is 6.06. The molecule has 0 heterocycles. The smallest absolute Gasteiger partial charge is 0.192 e.